The highest BCUT2D eigenvalue weighted by molar-refractivity contribution is 5.97. The van der Waals surface area contributed by atoms with E-state index in [2.05, 4.69) is 5.10 Å². The fraction of sp³-hybridized carbons (Fsp3) is 0.421. The number of amides is 1. The third kappa shape index (κ3) is 4.18. The van der Waals surface area contributed by atoms with Gasteiger partial charge in [-0.05, 0) is 38.0 Å². The van der Waals surface area contributed by atoms with E-state index in [0.29, 0.717) is 5.69 Å². The van der Waals surface area contributed by atoms with E-state index >= 15 is 0 Å². The normalized spacial score (nSPS) is 14.0. The number of rotatable bonds is 6. The summed E-state index contributed by atoms with van der Waals surface area (Å²) in [6.45, 7) is 1.66. The maximum Gasteiger partial charge on any atom is 0.416 e. The zero-order chi connectivity index (χ0) is 20.5. The van der Waals surface area contributed by atoms with Crippen molar-refractivity contribution in [3.8, 4) is 5.69 Å². The molecule has 0 atom stereocenters. The first kappa shape index (κ1) is 19.9. The summed E-state index contributed by atoms with van der Waals surface area (Å²) < 4.78 is 45.4. The van der Waals surface area contributed by atoms with Crippen LogP contribution in [0.3, 0.4) is 0 Å². The smallest absolute Gasteiger partial charge is 0.416 e. The molecule has 0 radical (unpaired) electrons. The number of carbonyl (C=O) groups is 2. The van der Waals surface area contributed by atoms with Gasteiger partial charge in [0, 0.05) is 13.0 Å². The van der Waals surface area contributed by atoms with Crippen LogP contribution in [0.4, 0.5) is 13.2 Å². The molecule has 0 bridgehead atoms. The van der Waals surface area contributed by atoms with Crippen molar-refractivity contribution < 1.29 is 27.5 Å². The average molecular weight is 395 g/mol. The molecule has 1 aromatic heterocycles. The quantitative estimate of drug-likeness (QED) is 0.704. The van der Waals surface area contributed by atoms with Crippen LogP contribution in [0, 0.1) is 0 Å². The molecule has 28 heavy (non-hydrogen) atoms. The standard InChI is InChI=1S/C19H20F3N3O3/c1-3-28-16(26)11-24(2)18(27)15-10-23-25(17(15)12-7-8-12)14-6-4-5-13(9-14)19(20,21)22/h4-6,9-10,12H,3,7-8,11H2,1-2H3. The van der Waals surface area contributed by atoms with Gasteiger partial charge in [-0.2, -0.15) is 18.3 Å². The molecule has 1 aromatic carbocycles. The first-order valence-electron chi connectivity index (χ1n) is 8.89. The number of likely N-dealkylation sites (N-methyl/N-ethyl adjacent to an activating group) is 1. The Morgan fingerprint density at radius 3 is 2.64 bits per heavy atom. The lowest BCUT2D eigenvalue weighted by Crippen LogP contribution is -2.33. The molecule has 1 saturated carbocycles. The molecule has 1 fully saturated rings. The molecule has 1 aliphatic carbocycles. The molecular weight excluding hydrogens is 375 g/mol. The van der Waals surface area contributed by atoms with Gasteiger partial charge in [0.1, 0.15) is 6.54 Å². The van der Waals surface area contributed by atoms with Crippen molar-refractivity contribution in [1.29, 1.82) is 0 Å². The third-order valence-corrected chi connectivity index (χ3v) is 4.44. The van der Waals surface area contributed by atoms with Crippen molar-refractivity contribution in [3.63, 3.8) is 0 Å². The topological polar surface area (TPSA) is 64.4 Å². The van der Waals surface area contributed by atoms with E-state index in [-0.39, 0.29) is 30.3 Å². The third-order valence-electron chi connectivity index (χ3n) is 4.44. The van der Waals surface area contributed by atoms with Gasteiger partial charge in [0.2, 0.25) is 0 Å². The minimum absolute atomic E-state index is 0.0481. The van der Waals surface area contributed by atoms with Gasteiger partial charge in [0.05, 0.1) is 35.3 Å². The van der Waals surface area contributed by atoms with Crippen molar-refractivity contribution in [3.05, 3.63) is 47.3 Å². The second-order valence-electron chi connectivity index (χ2n) is 6.64. The molecule has 0 spiro atoms. The summed E-state index contributed by atoms with van der Waals surface area (Å²) >= 11 is 0. The molecule has 0 aliphatic heterocycles. The molecule has 1 heterocycles. The van der Waals surface area contributed by atoms with Crippen LogP contribution in [-0.2, 0) is 15.7 Å². The molecule has 1 amide bonds. The molecule has 0 unspecified atom stereocenters. The zero-order valence-corrected chi connectivity index (χ0v) is 15.5. The van der Waals surface area contributed by atoms with Crippen LogP contribution in [0.1, 0.15) is 47.3 Å². The molecule has 9 heteroatoms. The van der Waals surface area contributed by atoms with Crippen LogP contribution in [-0.4, -0.2) is 46.8 Å². The Balaban J connectivity index is 1.93. The van der Waals surface area contributed by atoms with E-state index in [9.17, 15) is 22.8 Å². The van der Waals surface area contributed by atoms with Crippen molar-refractivity contribution >= 4 is 11.9 Å². The van der Waals surface area contributed by atoms with Crippen LogP contribution in [0.15, 0.2) is 30.5 Å². The molecule has 0 saturated heterocycles. The fourth-order valence-electron chi connectivity index (χ4n) is 2.97. The van der Waals surface area contributed by atoms with Crippen LogP contribution in [0.25, 0.3) is 5.69 Å². The number of halogens is 3. The molecular formula is C19H20F3N3O3. The second kappa shape index (κ2) is 7.65. The van der Waals surface area contributed by atoms with Crippen molar-refractivity contribution in [2.45, 2.75) is 31.9 Å². The van der Waals surface area contributed by atoms with Gasteiger partial charge in [0.15, 0.2) is 0 Å². The predicted molar refractivity (Wildman–Crippen MR) is 94.1 cm³/mol. The number of benzene rings is 1. The number of esters is 1. The van der Waals surface area contributed by atoms with Crippen molar-refractivity contribution in [1.82, 2.24) is 14.7 Å². The minimum atomic E-state index is -4.47. The zero-order valence-electron chi connectivity index (χ0n) is 15.5. The maximum atomic E-state index is 13.0. The number of ether oxygens (including phenoxy) is 1. The molecule has 6 nitrogen and oxygen atoms in total. The summed E-state index contributed by atoms with van der Waals surface area (Å²) in [6, 6.07) is 4.83. The van der Waals surface area contributed by atoms with E-state index in [1.807, 2.05) is 0 Å². The lowest BCUT2D eigenvalue weighted by Gasteiger charge is -2.17. The highest BCUT2D eigenvalue weighted by atomic mass is 19.4. The monoisotopic (exact) mass is 395 g/mol. The first-order chi connectivity index (χ1) is 13.2. The molecule has 150 valence electrons. The van der Waals surface area contributed by atoms with Crippen LogP contribution in [0.2, 0.25) is 0 Å². The number of nitrogens with zero attached hydrogens (tertiary/aromatic N) is 3. The van der Waals surface area contributed by atoms with Crippen LogP contribution in [0.5, 0.6) is 0 Å². The summed E-state index contributed by atoms with van der Waals surface area (Å²) in [5.41, 5.74) is 0.310. The van der Waals surface area contributed by atoms with Crippen molar-refractivity contribution in [2.24, 2.45) is 0 Å². The average Bonchev–Trinajstić information content (AvgIpc) is 3.38. The Hall–Kier alpha value is -2.84. The van der Waals surface area contributed by atoms with E-state index in [0.717, 1.165) is 25.0 Å². The Labute approximate surface area is 159 Å². The summed E-state index contributed by atoms with van der Waals surface area (Å²) in [5, 5.41) is 4.18. The number of alkyl halides is 3. The Morgan fingerprint density at radius 2 is 2.04 bits per heavy atom. The molecule has 2 aromatic rings. The van der Waals surface area contributed by atoms with E-state index < -0.39 is 23.6 Å². The molecule has 3 rings (SSSR count). The Morgan fingerprint density at radius 1 is 1.32 bits per heavy atom. The van der Waals surface area contributed by atoms with Gasteiger partial charge in [-0.15, -0.1) is 0 Å². The first-order valence-corrected chi connectivity index (χ1v) is 8.89. The summed E-state index contributed by atoms with van der Waals surface area (Å²) in [4.78, 5) is 25.6. The summed E-state index contributed by atoms with van der Waals surface area (Å²) in [5.74, 6) is -0.906. The number of hydrogen-bond acceptors (Lipinski definition) is 4. The SMILES string of the molecule is CCOC(=O)CN(C)C(=O)c1cnn(-c2cccc(C(F)(F)F)c2)c1C1CC1. The van der Waals surface area contributed by atoms with Gasteiger partial charge in [-0.25, -0.2) is 4.68 Å². The second-order valence-corrected chi connectivity index (χ2v) is 6.64. The minimum Gasteiger partial charge on any atom is -0.465 e. The number of carbonyl (C=O) groups excluding carboxylic acids is 2. The van der Waals surface area contributed by atoms with Gasteiger partial charge < -0.3 is 9.64 Å². The van der Waals surface area contributed by atoms with Crippen LogP contribution < -0.4 is 0 Å². The predicted octanol–water partition coefficient (Wildman–Crippen LogP) is 3.40. The number of aromatic nitrogens is 2. The fourth-order valence-corrected chi connectivity index (χ4v) is 2.97. The lowest BCUT2D eigenvalue weighted by atomic mass is 10.1. The Kier molecular flexibility index (Phi) is 5.44. The van der Waals surface area contributed by atoms with E-state index in [1.54, 1.807) is 6.92 Å². The van der Waals surface area contributed by atoms with Gasteiger partial charge in [-0.1, -0.05) is 6.07 Å². The van der Waals surface area contributed by atoms with Gasteiger partial charge >= 0.3 is 12.1 Å². The number of hydrogen-bond donors (Lipinski definition) is 0. The van der Waals surface area contributed by atoms with E-state index in [1.165, 1.54) is 35.0 Å². The lowest BCUT2D eigenvalue weighted by molar-refractivity contribution is -0.143. The van der Waals surface area contributed by atoms with Crippen LogP contribution >= 0.6 is 0 Å². The largest absolute Gasteiger partial charge is 0.465 e. The maximum absolute atomic E-state index is 13.0. The van der Waals surface area contributed by atoms with E-state index in [4.69, 9.17) is 4.74 Å². The van der Waals surface area contributed by atoms with Gasteiger partial charge in [0.25, 0.3) is 5.91 Å². The summed E-state index contributed by atoms with van der Waals surface area (Å²) in [7, 11) is 1.47. The van der Waals surface area contributed by atoms with Gasteiger partial charge in [-0.3, -0.25) is 9.59 Å². The Bertz CT molecular complexity index is 888. The molecule has 1 aliphatic rings. The summed E-state index contributed by atoms with van der Waals surface area (Å²) in [6.07, 6.45) is -1.47. The highest BCUT2D eigenvalue weighted by Gasteiger charge is 2.35. The van der Waals surface area contributed by atoms with Crippen molar-refractivity contribution in [2.75, 3.05) is 20.2 Å². The molecule has 0 N–H and O–H groups in total. The highest BCUT2D eigenvalue weighted by Crippen LogP contribution is 2.43.